The molecule has 0 N–H and O–H groups in total. The van der Waals surface area contributed by atoms with Crippen LogP contribution in [0.15, 0.2) is 16.6 Å². The molecule has 1 aliphatic rings. The van der Waals surface area contributed by atoms with Crippen molar-refractivity contribution in [3.63, 3.8) is 0 Å². The third kappa shape index (κ3) is 2.50. The quantitative estimate of drug-likeness (QED) is 0.787. The Bertz CT molecular complexity index is 653. The van der Waals surface area contributed by atoms with E-state index >= 15 is 0 Å². The van der Waals surface area contributed by atoms with Gasteiger partial charge in [0.1, 0.15) is 0 Å². The van der Waals surface area contributed by atoms with Crippen LogP contribution in [0.5, 0.6) is 0 Å². The van der Waals surface area contributed by atoms with Crippen molar-refractivity contribution in [2.24, 2.45) is 0 Å². The molecule has 20 heavy (non-hydrogen) atoms. The van der Waals surface area contributed by atoms with Gasteiger partial charge in [0.25, 0.3) is 0 Å². The summed E-state index contributed by atoms with van der Waals surface area (Å²) >= 11 is 9.88. The largest absolute Gasteiger partial charge is 0.368 e. The summed E-state index contributed by atoms with van der Waals surface area (Å²) in [6, 6.07) is 4.22. The first-order valence-corrected chi connectivity index (χ1v) is 7.79. The Morgan fingerprint density at radius 1 is 1.10 bits per heavy atom. The van der Waals surface area contributed by atoms with Gasteiger partial charge in [0.05, 0.1) is 11.4 Å². The minimum Gasteiger partial charge on any atom is -0.368 e. The average Bonchev–Trinajstić information content (AvgIpc) is 2.44. The molecule has 0 atom stereocenters. The first-order valence-electron chi connectivity index (χ1n) is 6.62. The Kier molecular flexibility index (Phi) is 3.84. The third-order valence-corrected chi connectivity index (χ3v) is 4.75. The fourth-order valence-electron chi connectivity index (χ4n) is 2.55. The number of hydrogen-bond donors (Lipinski definition) is 0. The van der Waals surface area contributed by atoms with Crippen LogP contribution in [0.2, 0.25) is 5.15 Å². The molecular weight excluding hydrogens is 340 g/mol. The van der Waals surface area contributed by atoms with Crippen LogP contribution < -0.4 is 4.90 Å². The molecule has 1 fully saturated rings. The summed E-state index contributed by atoms with van der Waals surface area (Å²) in [4.78, 5) is 4.73. The maximum Gasteiger partial charge on any atom is 0.159 e. The lowest BCUT2D eigenvalue weighted by atomic mass is 10.1. The van der Waals surface area contributed by atoms with Crippen LogP contribution in [0.25, 0.3) is 10.8 Å². The number of halogens is 2. The van der Waals surface area contributed by atoms with Gasteiger partial charge in [-0.1, -0.05) is 11.6 Å². The molecule has 2 aromatic rings. The normalized spacial score (nSPS) is 16.9. The van der Waals surface area contributed by atoms with Crippen LogP contribution in [-0.4, -0.2) is 48.3 Å². The highest BCUT2D eigenvalue weighted by Gasteiger charge is 2.18. The van der Waals surface area contributed by atoms with Gasteiger partial charge >= 0.3 is 0 Å². The van der Waals surface area contributed by atoms with Gasteiger partial charge in [-0.05, 0) is 42.0 Å². The van der Waals surface area contributed by atoms with Crippen molar-refractivity contribution in [1.29, 1.82) is 0 Å². The summed E-state index contributed by atoms with van der Waals surface area (Å²) in [7, 11) is 2.16. The molecule has 2 heterocycles. The smallest absolute Gasteiger partial charge is 0.159 e. The summed E-state index contributed by atoms with van der Waals surface area (Å²) in [5.74, 6) is 0. The van der Waals surface area contributed by atoms with Crippen molar-refractivity contribution >= 4 is 44.0 Å². The lowest BCUT2D eigenvalue weighted by Gasteiger charge is -2.34. The van der Waals surface area contributed by atoms with Gasteiger partial charge in [0, 0.05) is 41.4 Å². The van der Waals surface area contributed by atoms with E-state index in [4.69, 9.17) is 11.6 Å². The maximum absolute atomic E-state index is 6.20. The predicted octanol–water partition coefficient (Wildman–Crippen LogP) is 3.11. The number of fused-ring (bicyclic) bond motifs is 1. The molecule has 1 aliphatic heterocycles. The number of nitrogens with zero attached hydrogens (tertiary/aromatic N) is 4. The fourth-order valence-corrected chi connectivity index (χ4v) is 3.34. The van der Waals surface area contributed by atoms with Crippen LogP contribution in [0.1, 0.15) is 5.69 Å². The van der Waals surface area contributed by atoms with Crippen molar-refractivity contribution in [3.05, 3.63) is 27.5 Å². The van der Waals surface area contributed by atoms with E-state index in [-0.39, 0.29) is 0 Å². The Morgan fingerprint density at radius 2 is 1.80 bits per heavy atom. The van der Waals surface area contributed by atoms with Crippen molar-refractivity contribution in [3.8, 4) is 0 Å². The van der Waals surface area contributed by atoms with Gasteiger partial charge < -0.3 is 9.80 Å². The number of anilines is 1. The lowest BCUT2D eigenvalue weighted by molar-refractivity contribution is 0.313. The summed E-state index contributed by atoms with van der Waals surface area (Å²) in [6.07, 6.45) is 0. The van der Waals surface area contributed by atoms with E-state index in [9.17, 15) is 0 Å². The topological polar surface area (TPSA) is 32.3 Å². The van der Waals surface area contributed by atoms with Crippen LogP contribution in [0, 0.1) is 6.92 Å². The third-order valence-electron chi connectivity index (χ3n) is 3.83. The predicted molar refractivity (Wildman–Crippen MR) is 86.7 cm³/mol. The van der Waals surface area contributed by atoms with E-state index in [1.807, 2.05) is 6.92 Å². The summed E-state index contributed by atoms with van der Waals surface area (Å²) < 4.78 is 1.08. The molecule has 0 bridgehead atoms. The Hall–Kier alpha value is -0.910. The number of aromatic nitrogens is 2. The number of aryl methyl sites for hydroxylation is 1. The molecule has 0 aliphatic carbocycles. The molecule has 0 radical (unpaired) electrons. The van der Waals surface area contributed by atoms with E-state index in [1.54, 1.807) is 0 Å². The Balaban J connectivity index is 2.08. The highest BCUT2D eigenvalue weighted by molar-refractivity contribution is 9.10. The zero-order valence-corrected chi connectivity index (χ0v) is 13.9. The first-order chi connectivity index (χ1) is 9.56. The van der Waals surface area contributed by atoms with Crippen LogP contribution in [0.3, 0.4) is 0 Å². The van der Waals surface area contributed by atoms with Gasteiger partial charge in [0.15, 0.2) is 5.15 Å². The Labute approximate surface area is 131 Å². The number of hydrogen-bond acceptors (Lipinski definition) is 4. The number of rotatable bonds is 1. The molecule has 1 aromatic heterocycles. The molecule has 4 nitrogen and oxygen atoms in total. The van der Waals surface area contributed by atoms with Crippen LogP contribution in [0.4, 0.5) is 5.69 Å². The first kappa shape index (κ1) is 14.0. The van der Waals surface area contributed by atoms with Gasteiger partial charge in [-0.3, -0.25) is 0 Å². The SMILES string of the molecule is Cc1nnc(Cl)c2cc(N3CCN(C)CC3)c(Br)cc12. The number of piperazine rings is 1. The molecule has 0 amide bonds. The van der Waals surface area contributed by atoms with E-state index < -0.39 is 0 Å². The summed E-state index contributed by atoms with van der Waals surface area (Å²) in [6.45, 7) is 6.15. The second-order valence-corrected chi connectivity index (χ2v) is 6.43. The number of benzene rings is 1. The molecule has 6 heteroatoms. The van der Waals surface area contributed by atoms with Crippen molar-refractivity contribution in [1.82, 2.24) is 15.1 Å². The van der Waals surface area contributed by atoms with E-state index in [0.29, 0.717) is 5.15 Å². The van der Waals surface area contributed by atoms with E-state index in [2.05, 4.69) is 55.1 Å². The zero-order valence-electron chi connectivity index (χ0n) is 11.5. The lowest BCUT2D eigenvalue weighted by Crippen LogP contribution is -2.44. The second kappa shape index (κ2) is 5.47. The van der Waals surface area contributed by atoms with Crippen molar-refractivity contribution < 1.29 is 0 Å². The van der Waals surface area contributed by atoms with Crippen LogP contribution in [-0.2, 0) is 0 Å². The highest BCUT2D eigenvalue weighted by atomic mass is 79.9. The van der Waals surface area contributed by atoms with Gasteiger partial charge in [-0.2, -0.15) is 5.10 Å². The maximum atomic E-state index is 6.20. The zero-order chi connectivity index (χ0) is 14.3. The van der Waals surface area contributed by atoms with E-state index in [1.165, 1.54) is 5.69 Å². The molecule has 1 saturated heterocycles. The number of likely N-dealkylation sites (N-methyl/N-ethyl adjacent to an activating group) is 1. The van der Waals surface area contributed by atoms with Crippen molar-refractivity contribution in [2.75, 3.05) is 38.1 Å². The minimum absolute atomic E-state index is 0.466. The molecule has 0 spiro atoms. The summed E-state index contributed by atoms with van der Waals surface area (Å²) in [5, 5.41) is 10.6. The van der Waals surface area contributed by atoms with Crippen molar-refractivity contribution in [2.45, 2.75) is 6.92 Å². The van der Waals surface area contributed by atoms with Gasteiger partial charge in [-0.25, -0.2) is 0 Å². The molecule has 0 unspecified atom stereocenters. The van der Waals surface area contributed by atoms with Gasteiger partial charge in [-0.15, -0.1) is 5.10 Å². The highest BCUT2D eigenvalue weighted by Crippen LogP contribution is 2.34. The molecule has 106 valence electrons. The fraction of sp³-hybridized carbons (Fsp3) is 0.429. The second-order valence-electron chi connectivity index (χ2n) is 5.22. The van der Waals surface area contributed by atoms with E-state index in [0.717, 1.165) is 47.1 Å². The molecular formula is C14H16BrClN4. The Morgan fingerprint density at radius 3 is 2.50 bits per heavy atom. The molecule has 1 aromatic carbocycles. The standard InChI is InChI=1S/C14H16BrClN4/c1-9-10-7-12(15)13(8-11(10)14(16)18-17-9)20-5-3-19(2)4-6-20/h7-8H,3-6H2,1-2H3. The summed E-state index contributed by atoms with van der Waals surface area (Å²) in [5.41, 5.74) is 2.08. The van der Waals surface area contributed by atoms with Crippen LogP contribution >= 0.6 is 27.5 Å². The average molecular weight is 356 g/mol. The van der Waals surface area contributed by atoms with Gasteiger partial charge in [0.2, 0.25) is 0 Å². The minimum atomic E-state index is 0.466. The molecule has 0 saturated carbocycles. The monoisotopic (exact) mass is 354 g/mol. The molecule has 3 rings (SSSR count).